The van der Waals surface area contributed by atoms with Gasteiger partial charge >= 0.3 is 0 Å². The highest BCUT2D eigenvalue weighted by molar-refractivity contribution is 5.79. The van der Waals surface area contributed by atoms with E-state index in [1.165, 1.54) is 6.07 Å². The summed E-state index contributed by atoms with van der Waals surface area (Å²) < 4.78 is 34.3. The number of aromatic nitrogens is 4. The van der Waals surface area contributed by atoms with Gasteiger partial charge in [0.05, 0.1) is 11.9 Å². The minimum Gasteiger partial charge on any atom is -0.441 e. The SMILES string of the molecule is CC(C)(C)Cc1ncc(-c2ccc(C(F)F)nc2-c2ccn3ccnc3c2)o1. The van der Waals surface area contributed by atoms with Gasteiger partial charge in [-0.25, -0.2) is 23.7 Å². The van der Waals surface area contributed by atoms with Crippen molar-refractivity contribution in [3.05, 3.63) is 60.6 Å². The van der Waals surface area contributed by atoms with Crippen LogP contribution < -0.4 is 0 Å². The number of hydrogen-bond acceptors (Lipinski definition) is 4. The van der Waals surface area contributed by atoms with Gasteiger partial charge in [0.1, 0.15) is 11.3 Å². The van der Waals surface area contributed by atoms with Crippen molar-refractivity contribution in [2.75, 3.05) is 0 Å². The number of rotatable bonds is 4. The molecular formula is C21H20F2N4O. The number of hydrogen-bond donors (Lipinski definition) is 0. The molecule has 0 aromatic carbocycles. The predicted octanol–water partition coefficient (Wildman–Crippen LogP) is 5.58. The fourth-order valence-electron chi connectivity index (χ4n) is 3.04. The molecule has 0 atom stereocenters. The molecule has 0 saturated carbocycles. The summed E-state index contributed by atoms with van der Waals surface area (Å²) in [5.41, 5.74) is 2.17. The molecule has 4 heterocycles. The third-order valence-corrected chi connectivity index (χ3v) is 4.31. The molecule has 144 valence electrons. The number of fused-ring (bicyclic) bond motifs is 1. The second-order valence-electron chi connectivity index (χ2n) is 7.90. The van der Waals surface area contributed by atoms with E-state index in [0.717, 1.165) is 0 Å². The normalized spacial score (nSPS) is 12.2. The Balaban J connectivity index is 1.83. The molecule has 4 aromatic rings. The van der Waals surface area contributed by atoms with Gasteiger partial charge in [-0.05, 0) is 29.7 Å². The van der Waals surface area contributed by atoms with E-state index in [2.05, 4.69) is 35.7 Å². The average molecular weight is 382 g/mol. The van der Waals surface area contributed by atoms with Crippen LogP contribution in [-0.2, 0) is 6.42 Å². The Morgan fingerprint density at radius 1 is 1.11 bits per heavy atom. The van der Waals surface area contributed by atoms with Gasteiger partial charge in [-0.3, -0.25) is 0 Å². The average Bonchev–Trinajstić information content (AvgIpc) is 3.28. The van der Waals surface area contributed by atoms with Crippen molar-refractivity contribution >= 4 is 5.65 Å². The zero-order valence-electron chi connectivity index (χ0n) is 15.9. The van der Waals surface area contributed by atoms with Gasteiger partial charge in [0.2, 0.25) is 0 Å². The fourth-order valence-corrected chi connectivity index (χ4v) is 3.04. The fraction of sp³-hybridized carbons (Fsp3) is 0.286. The Labute approximate surface area is 161 Å². The van der Waals surface area contributed by atoms with Gasteiger partial charge in [-0.1, -0.05) is 20.8 Å². The molecule has 0 radical (unpaired) electrons. The van der Waals surface area contributed by atoms with Gasteiger partial charge in [-0.2, -0.15) is 0 Å². The van der Waals surface area contributed by atoms with Crippen molar-refractivity contribution in [3.63, 3.8) is 0 Å². The first-order chi connectivity index (χ1) is 13.3. The van der Waals surface area contributed by atoms with Gasteiger partial charge < -0.3 is 8.82 Å². The molecule has 4 rings (SSSR count). The number of imidazole rings is 1. The van der Waals surface area contributed by atoms with E-state index in [1.54, 1.807) is 18.5 Å². The summed E-state index contributed by atoms with van der Waals surface area (Å²) in [7, 11) is 0. The molecule has 0 spiro atoms. The zero-order chi connectivity index (χ0) is 19.9. The molecule has 0 bridgehead atoms. The number of oxazole rings is 1. The second-order valence-corrected chi connectivity index (χ2v) is 7.90. The monoisotopic (exact) mass is 382 g/mol. The largest absolute Gasteiger partial charge is 0.441 e. The number of pyridine rings is 2. The highest BCUT2D eigenvalue weighted by Gasteiger charge is 2.20. The summed E-state index contributed by atoms with van der Waals surface area (Å²) in [5.74, 6) is 1.11. The molecule has 0 amide bonds. The molecule has 7 heteroatoms. The standard InChI is InChI=1S/C21H20F2N4O/c1-21(2,3)11-18-25-12-16(28-18)14-4-5-15(20(22)23)26-19(14)13-6-8-27-9-7-24-17(27)10-13/h4-10,12,20H,11H2,1-3H3. The second kappa shape index (κ2) is 6.82. The van der Waals surface area contributed by atoms with Crippen LogP contribution in [0.1, 0.15) is 38.8 Å². The van der Waals surface area contributed by atoms with Crippen molar-refractivity contribution in [1.29, 1.82) is 0 Å². The van der Waals surface area contributed by atoms with E-state index < -0.39 is 6.43 Å². The molecular weight excluding hydrogens is 362 g/mol. The van der Waals surface area contributed by atoms with E-state index in [0.29, 0.717) is 40.5 Å². The van der Waals surface area contributed by atoms with Crippen LogP contribution >= 0.6 is 0 Å². The van der Waals surface area contributed by atoms with Gasteiger partial charge in [0, 0.05) is 36.1 Å². The van der Waals surface area contributed by atoms with Crippen molar-refractivity contribution in [2.24, 2.45) is 5.41 Å². The Kier molecular flexibility index (Phi) is 4.45. The third-order valence-electron chi connectivity index (χ3n) is 4.31. The van der Waals surface area contributed by atoms with Crippen molar-refractivity contribution in [1.82, 2.24) is 19.4 Å². The van der Waals surface area contributed by atoms with Crippen LogP contribution in [-0.4, -0.2) is 19.4 Å². The maximum Gasteiger partial charge on any atom is 0.280 e. The minimum absolute atomic E-state index is 0.0223. The Morgan fingerprint density at radius 3 is 2.68 bits per heavy atom. The molecule has 0 unspecified atom stereocenters. The molecule has 5 nitrogen and oxygen atoms in total. The van der Waals surface area contributed by atoms with Crippen LogP contribution in [0.15, 0.2) is 53.5 Å². The van der Waals surface area contributed by atoms with Crippen LogP contribution in [0.5, 0.6) is 0 Å². The third kappa shape index (κ3) is 3.65. The number of halogens is 2. The van der Waals surface area contributed by atoms with E-state index in [9.17, 15) is 8.78 Å². The Morgan fingerprint density at radius 2 is 1.93 bits per heavy atom. The summed E-state index contributed by atoms with van der Waals surface area (Å²) >= 11 is 0. The van der Waals surface area contributed by atoms with Crippen LogP contribution in [0.4, 0.5) is 8.78 Å². The van der Waals surface area contributed by atoms with E-state index in [1.807, 2.05) is 28.9 Å². The van der Waals surface area contributed by atoms with Crippen LogP contribution in [0.2, 0.25) is 0 Å². The lowest BCUT2D eigenvalue weighted by Crippen LogP contribution is -2.09. The highest BCUT2D eigenvalue weighted by Crippen LogP contribution is 2.34. The summed E-state index contributed by atoms with van der Waals surface area (Å²) in [6, 6.07) is 6.57. The van der Waals surface area contributed by atoms with Gasteiger partial charge in [0.15, 0.2) is 11.7 Å². The quantitative estimate of drug-likeness (QED) is 0.462. The first kappa shape index (κ1) is 18.3. The Hall–Kier alpha value is -3.09. The number of alkyl halides is 2. The van der Waals surface area contributed by atoms with E-state index in [4.69, 9.17) is 4.42 Å². The molecule has 4 aromatic heterocycles. The maximum absolute atomic E-state index is 13.3. The summed E-state index contributed by atoms with van der Waals surface area (Å²) in [6.45, 7) is 6.29. The number of nitrogens with zero attached hydrogens (tertiary/aromatic N) is 4. The van der Waals surface area contributed by atoms with Crippen molar-refractivity contribution < 1.29 is 13.2 Å². The summed E-state index contributed by atoms with van der Waals surface area (Å²) in [4.78, 5) is 12.8. The molecule has 0 aliphatic heterocycles. The molecule has 0 aliphatic carbocycles. The molecule has 0 N–H and O–H groups in total. The van der Waals surface area contributed by atoms with E-state index >= 15 is 0 Å². The molecule has 0 aliphatic rings. The lowest BCUT2D eigenvalue weighted by Gasteiger charge is -2.14. The van der Waals surface area contributed by atoms with Crippen LogP contribution in [0.3, 0.4) is 0 Å². The highest BCUT2D eigenvalue weighted by atomic mass is 19.3. The van der Waals surface area contributed by atoms with Gasteiger partial charge in [-0.15, -0.1) is 0 Å². The maximum atomic E-state index is 13.3. The minimum atomic E-state index is -2.66. The van der Waals surface area contributed by atoms with Crippen molar-refractivity contribution in [3.8, 4) is 22.6 Å². The first-order valence-electron chi connectivity index (χ1n) is 8.97. The lowest BCUT2D eigenvalue weighted by atomic mass is 9.92. The molecule has 0 saturated heterocycles. The van der Waals surface area contributed by atoms with Crippen LogP contribution in [0, 0.1) is 5.41 Å². The van der Waals surface area contributed by atoms with Gasteiger partial charge in [0.25, 0.3) is 6.43 Å². The predicted molar refractivity (Wildman–Crippen MR) is 102 cm³/mol. The van der Waals surface area contributed by atoms with Crippen LogP contribution in [0.25, 0.3) is 28.2 Å². The Bertz CT molecular complexity index is 1120. The topological polar surface area (TPSA) is 56.2 Å². The smallest absolute Gasteiger partial charge is 0.280 e. The summed E-state index contributed by atoms with van der Waals surface area (Å²) in [6.07, 6.45) is 4.96. The zero-order valence-corrected chi connectivity index (χ0v) is 15.9. The first-order valence-corrected chi connectivity index (χ1v) is 8.97. The molecule has 0 fully saturated rings. The summed E-state index contributed by atoms with van der Waals surface area (Å²) in [5, 5.41) is 0. The van der Waals surface area contributed by atoms with E-state index in [-0.39, 0.29) is 11.1 Å². The van der Waals surface area contributed by atoms with Crippen molar-refractivity contribution in [2.45, 2.75) is 33.6 Å². The molecule has 28 heavy (non-hydrogen) atoms. The lowest BCUT2D eigenvalue weighted by molar-refractivity contribution is 0.146.